The molecule has 0 amide bonds. The molecule has 1 atom stereocenters. The third-order valence-corrected chi connectivity index (χ3v) is 3.93. The van der Waals surface area contributed by atoms with Gasteiger partial charge in [0.2, 0.25) is 0 Å². The number of allylic oxidation sites excluding steroid dienone is 3. The minimum absolute atomic E-state index is 0.0328. The summed E-state index contributed by atoms with van der Waals surface area (Å²) in [4.78, 5) is 24.5. The second-order valence-electron chi connectivity index (χ2n) is 5.51. The molecule has 0 bridgehead atoms. The first kappa shape index (κ1) is 13.2. The van der Waals surface area contributed by atoms with Crippen molar-refractivity contribution in [1.82, 2.24) is 0 Å². The van der Waals surface area contributed by atoms with E-state index >= 15 is 0 Å². The van der Waals surface area contributed by atoms with Crippen LogP contribution < -0.4 is 0 Å². The Bertz CT molecular complexity index is 484. The fraction of sp³-hybridized carbons (Fsp3) is 0.571. The lowest BCUT2D eigenvalue weighted by atomic mass is 9.85. The number of carbonyl (C=O) groups excluding carboxylic acids is 2. The molecule has 2 aliphatic carbocycles. The van der Waals surface area contributed by atoms with Gasteiger partial charge in [-0.1, -0.05) is 6.92 Å². The van der Waals surface area contributed by atoms with Crippen LogP contribution in [0.3, 0.4) is 0 Å². The first-order valence-electron chi connectivity index (χ1n) is 6.16. The molecule has 2 rings (SSSR count). The molecule has 98 valence electrons. The van der Waals surface area contributed by atoms with E-state index in [4.69, 9.17) is 5.11 Å². The summed E-state index contributed by atoms with van der Waals surface area (Å²) in [6.45, 7) is 3.36. The topological polar surface area (TPSA) is 74.6 Å². The molecule has 0 saturated heterocycles. The number of aliphatic hydroxyl groups excluding tert-OH is 2. The Balaban J connectivity index is 2.38. The van der Waals surface area contributed by atoms with E-state index in [0.29, 0.717) is 35.1 Å². The third kappa shape index (κ3) is 1.85. The van der Waals surface area contributed by atoms with Gasteiger partial charge < -0.3 is 10.2 Å². The average molecular weight is 250 g/mol. The summed E-state index contributed by atoms with van der Waals surface area (Å²) in [6.07, 6.45) is 1.14. The Hall–Kier alpha value is -1.26. The summed E-state index contributed by atoms with van der Waals surface area (Å²) in [5, 5.41) is 18.4. The highest BCUT2D eigenvalue weighted by Crippen LogP contribution is 2.46. The molecule has 1 unspecified atom stereocenters. The number of ketones is 2. The van der Waals surface area contributed by atoms with Gasteiger partial charge in [-0.05, 0) is 31.6 Å². The van der Waals surface area contributed by atoms with E-state index in [2.05, 4.69) is 0 Å². The van der Waals surface area contributed by atoms with Gasteiger partial charge in [-0.2, -0.15) is 0 Å². The van der Waals surface area contributed by atoms with Crippen LogP contribution in [-0.4, -0.2) is 35.0 Å². The number of hydrogen-bond donors (Lipinski definition) is 2. The third-order valence-electron chi connectivity index (χ3n) is 3.93. The molecule has 0 fully saturated rings. The van der Waals surface area contributed by atoms with Crippen LogP contribution in [-0.2, 0) is 9.59 Å². The highest BCUT2D eigenvalue weighted by Gasteiger charge is 2.43. The minimum Gasteiger partial charge on any atom is -0.396 e. The van der Waals surface area contributed by atoms with Crippen molar-refractivity contribution in [3.05, 3.63) is 22.3 Å². The van der Waals surface area contributed by atoms with Gasteiger partial charge in [0.1, 0.15) is 0 Å². The highest BCUT2D eigenvalue weighted by atomic mass is 16.3. The maximum atomic E-state index is 12.3. The van der Waals surface area contributed by atoms with E-state index in [-0.39, 0.29) is 31.2 Å². The Labute approximate surface area is 106 Å². The fourth-order valence-electron chi connectivity index (χ4n) is 2.80. The normalized spacial score (nSPS) is 28.2. The minimum atomic E-state index is -0.398. The summed E-state index contributed by atoms with van der Waals surface area (Å²) < 4.78 is 0. The van der Waals surface area contributed by atoms with Gasteiger partial charge in [0.05, 0.1) is 0 Å². The standard InChI is InChI=1S/C14H18O4/c1-8-9(3-4-15)13(18)11-6-14(2,7-16)5-10(11)12(8)17/h15-16H,3-7H2,1-2H3. The molecular formula is C14H18O4. The van der Waals surface area contributed by atoms with Crippen LogP contribution in [0.2, 0.25) is 0 Å². The van der Waals surface area contributed by atoms with Gasteiger partial charge in [0, 0.05) is 35.5 Å². The lowest BCUT2D eigenvalue weighted by molar-refractivity contribution is -0.116. The van der Waals surface area contributed by atoms with E-state index in [1.54, 1.807) is 6.92 Å². The molecule has 0 radical (unpaired) electrons. The van der Waals surface area contributed by atoms with Crippen LogP contribution in [0.25, 0.3) is 0 Å². The highest BCUT2D eigenvalue weighted by molar-refractivity contribution is 6.25. The summed E-state index contributed by atoms with van der Waals surface area (Å²) in [7, 11) is 0. The second kappa shape index (κ2) is 4.44. The van der Waals surface area contributed by atoms with Crippen molar-refractivity contribution in [3.8, 4) is 0 Å². The van der Waals surface area contributed by atoms with E-state index in [1.165, 1.54) is 0 Å². The van der Waals surface area contributed by atoms with Gasteiger partial charge in [0.25, 0.3) is 0 Å². The van der Waals surface area contributed by atoms with E-state index in [9.17, 15) is 14.7 Å². The fourth-order valence-corrected chi connectivity index (χ4v) is 2.80. The number of carbonyl (C=O) groups is 2. The zero-order chi connectivity index (χ0) is 13.5. The van der Waals surface area contributed by atoms with E-state index in [0.717, 1.165) is 0 Å². The second-order valence-corrected chi connectivity index (χ2v) is 5.51. The number of hydrogen-bond acceptors (Lipinski definition) is 4. The molecule has 0 aromatic carbocycles. The molecule has 2 aliphatic rings. The van der Waals surface area contributed by atoms with Gasteiger partial charge in [-0.3, -0.25) is 9.59 Å². The lowest BCUT2D eigenvalue weighted by Crippen LogP contribution is -2.21. The first-order valence-corrected chi connectivity index (χ1v) is 6.16. The molecule has 4 nitrogen and oxygen atoms in total. The van der Waals surface area contributed by atoms with E-state index in [1.807, 2.05) is 6.92 Å². The van der Waals surface area contributed by atoms with Crippen molar-refractivity contribution in [2.24, 2.45) is 5.41 Å². The summed E-state index contributed by atoms with van der Waals surface area (Å²) in [6, 6.07) is 0. The van der Waals surface area contributed by atoms with Crippen molar-refractivity contribution < 1.29 is 19.8 Å². The monoisotopic (exact) mass is 250 g/mol. The van der Waals surface area contributed by atoms with Crippen LogP contribution in [0, 0.1) is 5.41 Å². The molecule has 0 saturated carbocycles. The number of Topliss-reactive ketones (excluding diaryl/α,β-unsaturated/α-hetero) is 2. The van der Waals surface area contributed by atoms with Crippen LogP contribution in [0.5, 0.6) is 0 Å². The van der Waals surface area contributed by atoms with Crippen LogP contribution in [0.15, 0.2) is 22.3 Å². The molecular weight excluding hydrogens is 232 g/mol. The maximum Gasteiger partial charge on any atom is 0.185 e. The Morgan fingerprint density at radius 1 is 1.11 bits per heavy atom. The molecule has 0 aliphatic heterocycles. The van der Waals surface area contributed by atoms with Crippen molar-refractivity contribution in [3.63, 3.8) is 0 Å². The first-order chi connectivity index (χ1) is 8.43. The molecule has 4 heteroatoms. The van der Waals surface area contributed by atoms with Crippen molar-refractivity contribution in [2.75, 3.05) is 13.2 Å². The van der Waals surface area contributed by atoms with Gasteiger partial charge in [-0.15, -0.1) is 0 Å². The average Bonchev–Trinajstić information content (AvgIpc) is 2.71. The Morgan fingerprint density at radius 2 is 1.67 bits per heavy atom. The molecule has 2 N–H and O–H groups in total. The van der Waals surface area contributed by atoms with Crippen LogP contribution >= 0.6 is 0 Å². The van der Waals surface area contributed by atoms with Gasteiger partial charge >= 0.3 is 0 Å². The summed E-state index contributed by atoms with van der Waals surface area (Å²) in [5.74, 6) is -0.210. The largest absolute Gasteiger partial charge is 0.396 e. The molecule has 18 heavy (non-hydrogen) atoms. The van der Waals surface area contributed by atoms with E-state index < -0.39 is 5.41 Å². The predicted molar refractivity (Wildman–Crippen MR) is 65.9 cm³/mol. The molecule has 0 spiro atoms. The van der Waals surface area contributed by atoms with Crippen LogP contribution in [0.4, 0.5) is 0 Å². The molecule has 0 heterocycles. The van der Waals surface area contributed by atoms with Gasteiger partial charge in [0.15, 0.2) is 11.6 Å². The lowest BCUT2D eigenvalue weighted by Gasteiger charge is -2.20. The Kier molecular flexibility index (Phi) is 3.25. The smallest absolute Gasteiger partial charge is 0.185 e. The van der Waals surface area contributed by atoms with Crippen molar-refractivity contribution >= 4 is 11.6 Å². The summed E-state index contributed by atoms with van der Waals surface area (Å²) >= 11 is 0. The molecule has 0 aromatic heterocycles. The maximum absolute atomic E-state index is 12.3. The predicted octanol–water partition coefficient (Wildman–Crippen LogP) is 0.926. The number of rotatable bonds is 3. The number of aliphatic hydroxyl groups is 2. The quantitative estimate of drug-likeness (QED) is 0.731. The SMILES string of the molecule is CC1=C(CCO)C(=O)C2=C(CC(C)(CO)C2)C1=O. The molecule has 0 aromatic rings. The van der Waals surface area contributed by atoms with Crippen molar-refractivity contribution in [2.45, 2.75) is 33.1 Å². The zero-order valence-electron chi connectivity index (χ0n) is 10.7. The van der Waals surface area contributed by atoms with Gasteiger partial charge in [-0.25, -0.2) is 0 Å². The Morgan fingerprint density at radius 3 is 2.17 bits per heavy atom. The zero-order valence-corrected chi connectivity index (χ0v) is 10.7. The van der Waals surface area contributed by atoms with Crippen LogP contribution in [0.1, 0.15) is 33.1 Å². The summed E-state index contributed by atoms with van der Waals surface area (Å²) in [5.41, 5.74) is 1.60. The van der Waals surface area contributed by atoms with Crippen molar-refractivity contribution in [1.29, 1.82) is 0 Å².